The molecule has 0 aliphatic rings. The van der Waals surface area contributed by atoms with E-state index >= 15 is 0 Å². The molecule has 1 aromatic carbocycles. The van der Waals surface area contributed by atoms with Crippen LogP contribution in [0.4, 0.5) is 17.2 Å². The van der Waals surface area contributed by atoms with E-state index in [1.54, 1.807) is 18.2 Å². The van der Waals surface area contributed by atoms with Crippen LogP contribution < -0.4 is 11.1 Å². The number of benzene rings is 1. The Morgan fingerprint density at radius 2 is 2.17 bits per heavy atom. The first-order valence-corrected chi connectivity index (χ1v) is 5.72. The van der Waals surface area contributed by atoms with Crippen molar-refractivity contribution >= 4 is 17.2 Å². The molecule has 92 valence electrons. The van der Waals surface area contributed by atoms with E-state index < -0.39 is 0 Å². The van der Waals surface area contributed by atoms with Crippen LogP contribution in [0.15, 0.2) is 30.5 Å². The first kappa shape index (κ1) is 12.0. The SMILES string of the molecule is CC(C)n1ccc(Nc2cc(C#N)ccc2N)n1. The molecule has 0 atom stereocenters. The minimum Gasteiger partial charge on any atom is -0.397 e. The summed E-state index contributed by atoms with van der Waals surface area (Å²) in [7, 11) is 0. The summed E-state index contributed by atoms with van der Waals surface area (Å²) in [6, 6.07) is 9.37. The molecule has 5 heteroatoms. The summed E-state index contributed by atoms with van der Waals surface area (Å²) in [5.41, 5.74) is 7.71. The highest BCUT2D eigenvalue weighted by molar-refractivity contribution is 5.72. The molecule has 18 heavy (non-hydrogen) atoms. The van der Waals surface area contributed by atoms with Crippen LogP contribution >= 0.6 is 0 Å². The average molecular weight is 241 g/mol. The van der Waals surface area contributed by atoms with Gasteiger partial charge in [-0.15, -0.1) is 0 Å². The summed E-state index contributed by atoms with van der Waals surface area (Å²) in [6.45, 7) is 4.11. The first-order valence-electron chi connectivity index (χ1n) is 5.72. The zero-order valence-electron chi connectivity index (χ0n) is 10.4. The summed E-state index contributed by atoms with van der Waals surface area (Å²) in [5.74, 6) is 0.713. The summed E-state index contributed by atoms with van der Waals surface area (Å²) < 4.78 is 1.85. The largest absolute Gasteiger partial charge is 0.397 e. The topological polar surface area (TPSA) is 79.7 Å². The Bertz CT molecular complexity index is 592. The highest BCUT2D eigenvalue weighted by atomic mass is 15.3. The zero-order valence-corrected chi connectivity index (χ0v) is 10.4. The third-order valence-electron chi connectivity index (χ3n) is 2.58. The Morgan fingerprint density at radius 3 is 2.78 bits per heavy atom. The Morgan fingerprint density at radius 1 is 1.39 bits per heavy atom. The van der Waals surface area contributed by atoms with E-state index in [1.165, 1.54) is 0 Å². The van der Waals surface area contributed by atoms with Crippen molar-refractivity contribution in [3.8, 4) is 6.07 Å². The minimum absolute atomic E-state index is 0.309. The normalized spacial score (nSPS) is 10.3. The molecule has 1 heterocycles. The van der Waals surface area contributed by atoms with Gasteiger partial charge in [0.1, 0.15) is 0 Å². The van der Waals surface area contributed by atoms with Gasteiger partial charge in [0.05, 0.1) is 23.0 Å². The fourth-order valence-corrected chi connectivity index (χ4v) is 1.56. The number of hydrogen-bond acceptors (Lipinski definition) is 4. The van der Waals surface area contributed by atoms with Gasteiger partial charge in [-0.1, -0.05) is 0 Å². The lowest BCUT2D eigenvalue weighted by Gasteiger charge is -2.08. The number of nitriles is 1. The van der Waals surface area contributed by atoms with Crippen molar-refractivity contribution in [1.82, 2.24) is 9.78 Å². The first-order chi connectivity index (χ1) is 8.60. The van der Waals surface area contributed by atoms with E-state index in [2.05, 4.69) is 30.3 Å². The molecule has 5 nitrogen and oxygen atoms in total. The van der Waals surface area contributed by atoms with Crippen LogP contribution in [0.5, 0.6) is 0 Å². The van der Waals surface area contributed by atoms with Gasteiger partial charge in [0.15, 0.2) is 5.82 Å². The molecule has 0 saturated heterocycles. The third kappa shape index (κ3) is 2.43. The van der Waals surface area contributed by atoms with Crippen molar-refractivity contribution in [2.24, 2.45) is 0 Å². The van der Waals surface area contributed by atoms with Crippen molar-refractivity contribution in [3.05, 3.63) is 36.0 Å². The summed E-state index contributed by atoms with van der Waals surface area (Å²) in [5, 5.41) is 16.3. The van der Waals surface area contributed by atoms with Crippen molar-refractivity contribution in [3.63, 3.8) is 0 Å². The number of nitrogen functional groups attached to an aromatic ring is 1. The number of aromatic nitrogens is 2. The van der Waals surface area contributed by atoms with Gasteiger partial charge in [-0.2, -0.15) is 10.4 Å². The van der Waals surface area contributed by atoms with Gasteiger partial charge in [0, 0.05) is 18.3 Å². The van der Waals surface area contributed by atoms with Crippen LogP contribution in [0.2, 0.25) is 0 Å². The molecular formula is C13H15N5. The smallest absolute Gasteiger partial charge is 0.152 e. The Hall–Kier alpha value is -2.48. The van der Waals surface area contributed by atoms with E-state index in [0.717, 1.165) is 0 Å². The van der Waals surface area contributed by atoms with Gasteiger partial charge in [0.25, 0.3) is 0 Å². The minimum atomic E-state index is 0.309. The number of rotatable bonds is 3. The average Bonchev–Trinajstić information content (AvgIpc) is 2.81. The number of nitrogens with two attached hydrogens (primary N) is 1. The van der Waals surface area contributed by atoms with Crippen molar-refractivity contribution in [1.29, 1.82) is 5.26 Å². The highest BCUT2D eigenvalue weighted by Crippen LogP contribution is 2.23. The van der Waals surface area contributed by atoms with Crippen LogP contribution in [-0.4, -0.2) is 9.78 Å². The second kappa shape index (κ2) is 4.80. The number of anilines is 3. The van der Waals surface area contributed by atoms with E-state index in [-0.39, 0.29) is 0 Å². The fourth-order valence-electron chi connectivity index (χ4n) is 1.56. The summed E-state index contributed by atoms with van der Waals surface area (Å²) >= 11 is 0. The molecule has 1 aromatic heterocycles. The summed E-state index contributed by atoms with van der Waals surface area (Å²) in [4.78, 5) is 0. The van der Waals surface area contributed by atoms with Gasteiger partial charge in [-0.05, 0) is 32.0 Å². The molecule has 0 spiro atoms. The number of nitrogens with zero attached hydrogens (tertiary/aromatic N) is 3. The predicted molar refractivity (Wildman–Crippen MR) is 71.5 cm³/mol. The second-order valence-corrected chi connectivity index (χ2v) is 4.31. The molecule has 3 N–H and O–H groups in total. The molecule has 0 aliphatic heterocycles. The summed E-state index contributed by atoms with van der Waals surface area (Å²) in [6.07, 6.45) is 1.90. The molecule has 0 fully saturated rings. The molecule has 0 amide bonds. The predicted octanol–water partition coefficient (Wildman–Crippen LogP) is 2.66. The van der Waals surface area contributed by atoms with Gasteiger partial charge < -0.3 is 11.1 Å². The Balaban J connectivity index is 2.25. The van der Waals surface area contributed by atoms with E-state index in [0.29, 0.717) is 28.8 Å². The lowest BCUT2D eigenvalue weighted by Crippen LogP contribution is -2.02. The zero-order chi connectivity index (χ0) is 13.1. The van der Waals surface area contributed by atoms with E-state index in [1.807, 2.05) is 16.9 Å². The van der Waals surface area contributed by atoms with Gasteiger partial charge in [-0.25, -0.2) is 0 Å². The molecule has 0 bridgehead atoms. The van der Waals surface area contributed by atoms with Gasteiger partial charge in [0.2, 0.25) is 0 Å². The highest BCUT2D eigenvalue weighted by Gasteiger charge is 2.05. The lowest BCUT2D eigenvalue weighted by atomic mass is 10.2. The van der Waals surface area contributed by atoms with Crippen molar-refractivity contribution in [2.75, 3.05) is 11.1 Å². The van der Waals surface area contributed by atoms with E-state index in [9.17, 15) is 0 Å². The van der Waals surface area contributed by atoms with E-state index in [4.69, 9.17) is 11.0 Å². The van der Waals surface area contributed by atoms with Crippen LogP contribution in [0.3, 0.4) is 0 Å². The molecule has 0 unspecified atom stereocenters. The Labute approximate surface area is 106 Å². The molecule has 2 aromatic rings. The number of hydrogen-bond donors (Lipinski definition) is 2. The van der Waals surface area contributed by atoms with Crippen molar-refractivity contribution < 1.29 is 0 Å². The maximum absolute atomic E-state index is 8.86. The molecule has 2 rings (SSSR count). The van der Waals surface area contributed by atoms with Gasteiger partial charge >= 0.3 is 0 Å². The maximum atomic E-state index is 8.86. The Kier molecular flexibility index (Phi) is 3.20. The second-order valence-electron chi connectivity index (χ2n) is 4.31. The van der Waals surface area contributed by atoms with Gasteiger partial charge in [-0.3, -0.25) is 4.68 Å². The quantitative estimate of drug-likeness (QED) is 0.809. The number of nitrogens with one attached hydrogen (secondary N) is 1. The third-order valence-corrected chi connectivity index (χ3v) is 2.58. The lowest BCUT2D eigenvalue weighted by molar-refractivity contribution is 0.534. The molecular weight excluding hydrogens is 226 g/mol. The van der Waals surface area contributed by atoms with Crippen LogP contribution in [0.25, 0.3) is 0 Å². The maximum Gasteiger partial charge on any atom is 0.152 e. The van der Waals surface area contributed by atoms with Crippen LogP contribution in [0.1, 0.15) is 25.5 Å². The van der Waals surface area contributed by atoms with Crippen molar-refractivity contribution in [2.45, 2.75) is 19.9 Å². The van der Waals surface area contributed by atoms with Crippen LogP contribution in [0, 0.1) is 11.3 Å². The fraction of sp³-hybridized carbons (Fsp3) is 0.231. The standard InChI is InChI=1S/C13H15N5/c1-9(2)18-6-5-13(17-18)16-12-7-10(8-14)3-4-11(12)15/h3-7,9H,15H2,1-2H3,(H,16,17). The van der Waals surface area contributed by atoms with Crippen LogP contribution in [-0.2, 0) is 0 Å². The molecule has 0 aliphatic carbocycles. The molecule has 0 radical (unpaired) electrons. The molecule has 0 saturated carbocycles. The monoisotopic (exact) mass is 241 g/mol.